The zero-order chi connectivity index (χ0) is 21.4. The van der Waals surface area contributed by atoms with E-state index >= 15 is 0 Å². The van der Waals surface area contributed by atoms with Crippen LogP contribution in [0.15, 0.2) is 48.5 Å². The van der Waals surface area contributed by atoms with Crippen molar-refractivity contribution in [3.05, 3.63) is 59.7 Å². The van der Waals surface area contributed by atoms with Gasteiger partial charge in [-0.2, -0.15) is 5.26 Å². The lowest BCUT2D eigenvalue weighted by molar-refractivity contribution is -0.154. The van der Waals surface area contributed by atoms with Crippen LogP contribution < -0.4 is 9.64 Å². The first-order chi connectivity index (χ1) is 13.5. The number of rotatable bonds is 4. The third kappa shape index (κ3) is 4.89. The molecule has 0 radical (unpaired) electrons. The number of para-hydroxylation sites is 2. The summed E-state index contributed by atoms with van der Waals surface area (Å²) < 4.78 is 11.8. The molecule has 0 spiro atoms. The monoisotopic (exact) mass is 392 g/mol. The SMILES string of the molecule is CC(C)(C)OC(=O)[C@H]1[C@@H](c2ccc(C#N)cc2)N1c1ccccc1OC(C)(C)C. The Morgan fingerprint density at radius 2 is 1.59 bits per heavy atom. The molecule has 0 unspecified atom stereocenters. The Hall–Kier alpha value is -3.00. The van der Waals surface area contributed by atoms with Crippen LogP contribution in [-0.2, 0) is 9.53 Å². The molecule has 1 aliphatic heterocycles. The minimum absolute atomic E-state index is 0.165. The van der Waals surface area contributed by atoms with Crippen LogP contribution in [0.5, 0.6) is 5.75 Å². The molecule has 5 heteroatoms. The van der Waals surface area contributed by atoms with Crippen molar-refractivity contribution in [3.63, 3.8) is 0 Å². The van der Waals surface area contributed by atoms with Crippen LogP contribution in [0, 0.1) is 11.3 Å². The van der Waals surface area contributed by atoms with Gasteiger partial charge in [0.05, 0.1) is 23.4 Å². The van der Waals surface area contributed by atoms with Gasteiger partial charge in [0.1, 0.15) is 17.0 Å². The van der Waals surface area contributed by atoms with Gasteiger partial charge in [0.15, 0.2) is 6.04 Å². The molecule has 3 rings (SSSR count). The van der Waals surface area contributed by atoms with Gasteiger partial charge in [0.2, 0.25) is 0 Å². The first-order valence-electron chi connectivity index (χ1n) is 9.79. The Morgan fingerprint density at radius 1 is 0.966 bits per heavy atom. The van der Waals surface area contributed by atoms with E-state index in [4.69, 9.17) is 14.7 Å². The summed E-state index contributed by atoms with van der Waals surface area (Å²) in [6.45, 7) is 11.6. The van der Waals surface area contributed by atoms with E-state index in [0.29, 0.717) is 5.56 Å². The van der Waals surface area contributed by atoms with Crippen LogP contribution in [0.25, 0.3) is 0 Å². The van der Waals surface area contributed by atoms with Crippen molar-refractivity contribution in [1.29, 1.82) is 5.26 Å². The van der Waals surface area contributed by atoms with Crippen molar-refractivity contribution in [3.8, 4) is 11.8 Å². The van der Waals surface area contributed by atoms with Crippen molar-refractivity contribution < 1.29 is 14.3 Å². The van der Waals surface area contributed by atoms with E-state index in [2.05, 4.69) is 6.07 Å². The lowest BCUT2D eigenvalue weighted by atomic mass is 10.1. The summed E-state index contributed by atoms with van der Waals surface area (Å²) in [5.41, 5.74) is 1.48. The standard InChI is InChI=1S/C24H28N2O3/c1-23(2,3)28-19-10-8-7-9-18(19)26-20(17-13-11-16(15-25)12-14-17)21(26)22(27)29-24(4,5)6/h7-14,20-21H,1-6H3/t20-,21-,26?/m1/s1. The maximum atomic E-state index is 13.0. The molecule has 1 heterocycles. The van der Waals surface area contributed by atoms with E-state index < -0.39 is 11.6 Å². The second-order valence-electron chi connectivity index (χ2n) is 9.25. The summed E-state index contributed by atoms with van der Waals surface area (Å²) in [5.74, 6) is 0.460. The van der Waals surface area contributed by atoms with Crippen LogP contribution in [0.3, 0.4) is 0 Å². The van der Waals surface area contributed by atoms with Crippen molar-refractivity contribution in [2.24, 2.45) is 0 Å². The highest BCUT2D eigenvalue weighted by Crippen LogP contribution is 2.51. The van der Waals surface area contributed by atoms with Crippen molar-refractivity contribution >= 4 is 11.7 Å². The second-order valence-corrected chi connectivity index (χ2v) is 9.25. The van der Waals surface area contributed by atoms with Crippen molar-refractivity contribution in [2.75, 3.05) is 4.90 Å². The maximum Gasteiger partial charge on any atom is 0.331 e. The zero-order valence-electron chi connectivity index (χ0n) is 17.9. The van der Waals surface area contributed by atoms with E-state index in [9.17, 15) is 4.79 Å². The Kier molecular flexibility index (Phi) is 5.32. The van der Waals surface area contributed by atoms with Crippen LogP contribution in [0.2, 0.25) is 0 Å². The molecule has 0 aliphatic carbocycles. The summed E-state index contributed by atoms with van der Waals surface area (Å²) >= 11 is 0. The van der Waals surface area contributed by atoms with Crippen LogP contribution in [-0.4, -0.2) is 23.2 Å². The largest absolute Gasteiger partial charge is 0.486 e. The number of anilines is 1. The third-order valence-corrected chi connectivity index (χ3v) is 4.40. The number of ether oxygens (including phenoxy) is 2. The molecule has 1 aliphatic rings. The van der Waals surface area contributed by atoms with Gasteiger partial charge < -0.3 is 14.4 Å². The molecular formula is C24H28N2O3. The fourth-order valence-corrected chi connectivity index (χ4v) is 3.32. The first kappa shape index (κ1) is 20.7. The number of hydrogen-bond acceptors (Lipinski definition) is 5. The Balaban J connectivity index is 1.98. The molecule has 1 saturated heterocycles. The van der Waals surface area contributed by atoms with Crippen LogP contribution >= 0.6 is 0 Å². The van der Waals surface area contributed by atoms with Crippen LogP contribution in [0.4, 0.5) is 5.69 Å². The summed E-state index contributed by atoms with van der Waals surface area (Å²) in [4.78, 5) is 15.0. The summed E-state index contributed by atoms with van der Waals surface area (Å²) in [5, 5.41) is 9.07. The van der Waals surface area contributed by atoms with Gasteiger partial charge in [-0.1, -0.05) is 24.3 Å². The van der Waals surface area contributed by atoms with E-state index in [0.717, 1.165) is 17.0 Å². The molecular weight excluding hydrogens is 364 g/mol. The molecule has 2 atom stereocenters. The fourth-order valence-electron chi connectivity index (χ4n) is 3.32. The van der Waals surface area contributed by atoms with E-state index in [1.54, 1.807) is 12.1 Å². The normalized spacial score (nSPS) is 18.7. The minimum atomic E-state index is -0.567. The maximum absolute atomic E-state index is 13.0. The summed E-state index contributed by atoms with van der Waals surface area (Å²) in [6.07, 6.45) is 0. The van der Waals surface area contributed by atoms with Crippen LogP contribution in [0.1, 0.15) is 58.7 Å². The molecule has 5 nitrogen and oxygen atoms in total. The predicted octanol–water partition coefficient (Wildman–Crippen LogP) is 5.01. The Morgan fingerprint density at radius 3 is 2.14 bits per heavy atom. The summed E-state index contributed by atoms with van der Waals surface area (Å²) in [6, 6.07) is 16.6. The van der Waals surface area contributed by atoms with Gasteiger partial charge in [0.25, 0.3) is 0 Å². The van der Waals surface area contributed by atoms with E-state index in [1.807, 2.05) is 82.8 Å². The predicted molar refractivity (Wildman–Crippen MR) is 113 cm³/mol. The number of hydrogen-bond donors (Lipinski definition) is 0. The number of benzene rings is 2. The first-order valence-corrected chi connectivity index (χ1v) is 9.79. The molecule has 2 aromatic carbocycles. The van der Waals surface area contributed by atoms with Gasteiger partial charge >= 0.3 is 5.97 Å². The van der Waals surface area contributed by atoms with E-state index in [1.165, 1.54) is 0 Å². The average molecular weight is 392 g/mol. The van der Waals surface area contributed by atoms with Gasteiger partial charge in [-0.25, -0.2) is 4.79 Å². The smallest absolute Gasteiger partial charge is 0.331 e. The highest BCUT2D eigenvalue weighted by atomic mass is 16.6. The molecule has 0 saturated carbocycles. The highest BCUT2D eigenvalue weighted by molar-refractivity contribution is 5.90. The molecule has 0 amide bonds. The van der Waals surface area contributed by atoms with Gasteiger partial charge in [0, 0.05) is 0 Å². The molecule has 0 aromatic heterocycles. The Bertz CT molecular complexity index is 930. The molecule has 1 fully saturated rings. The molecule has 0 bridgehead atoms. The van der Waals surface area contributed by atoms with E-state index in [-0.39, 0.29) is 17.6 Å². The lowest BCUT2D eigenvalue weighted by Gasteiger charge is -2.24. The number of nitrogens with zero attached hydrogens (tertiary/aromatic N) is 2. The molecule has 0 N–H and O–H groups in total. The number of nitriles is 1. The lowest BCUT2D eigenvalue weighted by Crippen LogP contribution is -2.28. The quantitative estimate of drug-likeness (QED) is 0.541. The number of carbonyl (C=O) groups excluding carboxylic acids is 1. The zero-order valence-corrected chi connectivity index (χ0v) is 17.9. The second kappa shape index (κ2) is 7.44. The highest BCUT2D eigenvalue weighted by Gasteiger charge is 2.56. The minimum Gasteiger partial charge on any atom is -0.486 e. The molecule has 29 heavy (non-hydrogen) atoms. The van der Waals surface area contributed by atoms with Gasteiger partial charge in [-0.15, -0.1) is 0 Å². The fraction of sp³-hybridized carbons (Fsp3) is 0.417. The average Bonchev–Trinajstić information content (AvgIpc) is 3.35. The molecule has 2 aromatic rings. The Labute approximate surface area is 172 Å². The van der Waals surface area contributed by atoms with Gasteiger partial charge in [-0.3, -0.25) is 0 Å². The van der Waals surface area contributed by atoms with Crippen molar-refractivity contribution in [1.82, 2.24) is 0 Å². The van der Waals surface area contributed by atoms with Gasteiger partial charge in [-0.05, 0) is 71.4 Å². The summed E-state index contributed by atoms with van der Waals surface area (Å²) in [7, 11) is 0. The topological polar surface area (TPSA) is 62.3 Å². The number of esters is 1. The number of carbonyl (C=O) groups is 1. The molecule has 152 valence electrons. The third-order valence-electron chi connectivity index (χ3n) is 4.40. The van der Waals surface area contributed by atoms with Crippen molar-refractivity contribution in [2.45, 2.75) is 64.8 Å².